The fraction of sp³-hybridized carbons (Fsp3) is 0.722. The van der Waals surface area contributed by atoms with E-state index in [1.807, 2.05) is 32.9 Å². The molecule has 3 atom stereocenters. The van der Waals surface area contributed by atoms with Gasteiger partial charge in [-0.05, 0) is 65.5 Å². The van der Waals surface area contributed by atoms with Crippen molar-refractivity contribution in [3.05, 3.63) is 24.2 Å². The Bertz CT molecular complexity index is 479. The molecule has 3 unspecified atom stereocenters. The average Bonchev–Trinajstić information content (AvgIpc) is 3.06. The van der Waals surface area contributed by atoms with Gasteiger partial charge in [0.2, 0.25) is 0 Å². The van der Waals surface area contributed by atoms with E-state index in [1.165, 1.54) is 0 Å². The molecule has 23 heavy (non-hydrogen) atoms. The van der Waals surface area contributed by atoms with Crippen molar-refractivity contribution < 1.29 is 13.9 Å². The molecule has 5 nitrogen and oxygen atoms in total. The molecule has 0 radical (unpaired) electrons. The molecule has 1 aliphatic rings. The van der Waals surface area contributed by atoms with E-state index in [-0.39, 0.29) is 12.1 Å². The van der Waals surface area contributed by atoms with Crippen LogP contribution in [0, 0.1) is 0 Å². The minimum Gasteiger partial charge on any atom is -0.469 e. The number of hydrogen-bond donors (Lipinski definition) is 2. The number of aryl methyl sites for hydroxylation is 1. The topological polar surface area (TPSA) is 63.5 Å². The third-order valence-electron chi connectivity index (χ3n) is 4.08. The van der Waals surface area contributed by atoms with Gasteiger partial charge in [0.25, 0.3) is 0 Å². The molecule has 130 valence electrons. The first kappa shape index (κ1) is 17.9. The van der Waals surface area contributed by atoms with Crippen LogP contribution in [0.15, 0.2) is 22.8 Å². The SMILES string of the molecule is CC(CCc1ccco1)NC1CCC(NC(=O)OC(C)(C)C)C1. The zero-order valence-electron chi connectivity index (χ0n) is 14.7. The van der Waals surface area contributed by atoms with Gasteiger partial charge in [0.05, 0.1) is 6.26 Å². The molecule has 0 saturated heterocycles. The van der Waals surface area contributed by atoms with Gasteiger partial charge in [0, 0.05) is 24.5 Å². The smallest absolute Gasteiger partial charge is 0.407 e. The number of furan rings is 1. The van der Waals surface area contributed by atoms with Crippen LogP contribution >= 0.6 is 0 Å². The van der Waals surface area contributed by atoms with Crippen molar-refractivity contribution in [2.24, 2.45) is 0 Å². The van der Waals surface area contributed by atoms with E-state index in [1.54, 1.807) is 6.26 Å². The largest absolute Gasteiger partial charge is 0.469 e. The molecule has 1 aliphatic carbocycles. The lowest BCUT2D eigenvalue weighted by molar-refractivity contribution is 0.0505. The fourth-order valence-electron chi connectivity index (χ4n) is 3.04. The third kappa shape index (κ3) is 6.65. The molecule has 2 rings (SSSR count). The van der Waals surface area contributed by atoms with Crippen molar-refractivity contribution in [1.29, 1.82) is 0 Å². The molecular formula is C18H30N2O3. The maximum absolute atomic E-state index is 11.8. The summed E-state index contributed by atoms with van der Waals surface area (Å²) in [6, 6.07) is 5.05. The summed E-state index contributed by atoms with van der Waals surface area (Å²) in [6.45, 7) is 7.85. The van der Waals surface area contributed by atoms with Crippen molar-refractivity contribution >= 4 is 6.09 Å². The first-order valence-electron chi connectivity index (χ1n) is 8.60. The van der Waals surface area contributed by atoms with E-state index in [9.17, 15) is 4.79 Å². The maximum Gasteiger partial charge on any atom is 0.407 e. The summed E-state index contributed by atoms with van der Waals surface area (Å²) in [5, 5.41) is 6.64. The Labute approximate surface area is 139 Å². The average molecular weight is 322 g/mol. The van der Waals surface area contributed by atoms with Crippen LogP contribution in [0.3, 0.4) is 0 Å². The number of alkyl carbamates (subject to hydrolysis) is 1. The molecular weight excluding hydrogens is 292 g/mol. The van der Waals surface area contributed by atoms with E-state index in [0.717, 1.165) is 37.9 Å². The summed E-state index contributed by atoms with van der Waals surface area (Å²) < 4.78 is 10.7. The zero-order chi connectivity index (χ0) is 16.9. The van der Waals surface area contributed by atoms with Gasteiger partial charge >= 0.3 is 6.09 Å². The van der Waals surface area contributed by atoms with Gasteiger partial charge in [-0.2, -0.15) is 0 Å². The highest BCUT2D eigenvalue weighted by Crippen LogP contribution is 2.21. The van der Waals surface area contributed by atoms with Gasteiger partial charge in [0.1, 0.15) is 11.4 Å². The van der Waals surface area contributed by atoms with Gasteiger partial charge in [0.15, 0.2) is 0 Å². The molecule has 5 heteroatoms. The monoisotopic (exact) mass is 322 g/mol. The Balaban J connectivity index is 1.65. The molecule has 1 fully saturated rings. The highest BCUT2D eigenvalue weighted by Gasteiger charge is 2.28. The molecule has 2 N–H and O–H groups in total. The Kier molecular flexibility index (Phi) is 6.10. The molecule has 1 saturated carbocycles. The van der Waals surface area contributed by atoms with Gasteiger partial charge in [-0.1, -0.05) is 0 Å². The number of amides is 1. The number of hydrogen-bond acceptors (Lipinski definition) is 4. The van der Waals surface area contributed by atoms with Crippen LogP contribution in [0.1, 0.15) is 59.1 Å². The second-order valence-electron chi connectivity index (χ2n) is 7.54. The summed E-state index contributed by atoms with van der Waals surface area (Å²) in [5.74, 6) is 1.04. The number of nitrogens with one attached hydrogen (secondary N) is 2. The van der Waals surface area contributed by atoms with Crippen molar-refractivity contribution in [1.82, 2.24) is 10.6 Å². The highest BCUT2D eigenvalue weighted by atomic mass is 16.6. The van der Waals surface area contributed by atoms with Crippen LogP contribution in [0.5, 0.6) is 0 Å². The summed E-state index contributed by atoms with van der Waals surface area (Å²) >= 11 is 0. The number of rotatable bonds is 6. The second-order valence-corrected chi connectivity index (χ2v) is 7.54. The Morgan fingerprint density at radius 3 is 2.78 bits per heavy atom. The summed E-state index contributed by atoms with van der Waals surface area (Å²) in [7, 11) is 0. The van der Waals surface area contributed by atoms with E-state index < -0.39 is 5.60 Å². The molecule has 0 spiro atoms. The van der Waals surface area contributed by atoms with Crippen molar-refractivity contribution in [2.75, 3.05) is 0 Å². The van der Waals surface area contributed by atoms with Crippen molar-refractivity contribution in [2.45, 2.75) is 83.5 Å². The van der Waals surface area contributed by atoms with Gasteiger partial charge in [-0.25, -0.2) is 4.79 Å². The first-order chi connectivity index (χ1) is 10.8. The lowest BCUT2D eigenvalue weighted by atomic mass is 10.1. The minimum atomic E-state index is -0.444. The van der Waals surface area contributed by atoms with E-state index in [4.69, 9.17) is 9.15 Å². The molecule has 1 aromatic heterocycles. The predicted octanol–water partition coefficient (Wildman–Crippen LogP) is 3.64. The van der Waals surface area contributed by atoms with Crippen LogP contribution in [0.4, 0.5) is 4.79 Å². The summed E-state index contributed by atoms with van der Waals surface area (Å²) in [4.78, 5) is 11.8. The lowest BCUT2D eigenvalue weighted by Crippen LogP contribution is -2.40. The van der Waals surface area contributed by atoms with E-state index in [0.29, 0.717) is 12.1 Å². The summed E-state index contributed by atoms with van der Waals surface area (Å²) in [6.07, 6.45) is 6.46. The molecule has 1 amide bonds. The highest BCUT2D eigenvalue weighted by molar-refractivity contribution is 5.68. The second kappa shape index (κ2) is 7.86. The van der Waals surface area contributed by atoms with Crippen LogP contribution in [0.2, 0.25) is 0 Å². The van der Waals surface area contributed by atoms with Crippen molar-refractivity contribution in [3.63, 3.8) is 0 Å². The van der Waals surface area contributed by atoms with Gasteiger partial charge in [-0.15, -0.1) is 0 Å². The van der Waals surface area contributed by atoms with Gasteiger partial charge in [-0.3, -0.25) is 0 Å². The number of ether oxygens (including phenoxy) is 1. The molecule has 0 bridgehead atoms. The third-order valence-corrected chi connectivity index (χ3v) is 4.08. The Morgan fingerprint density at radius 2 is 2.13 bits per heavy atom. The summed E-state index contributed by atoms with van der Waals surface area (Å²) in [5.41, 5.74) is -0.444. The minimum absolute atomic E-state index is 0.208. The lowest BCUT2D eigenvalue weighted by Gasteiger charge is -2.22. The predicted molar refractivity (Wildman–Crippen MR) is 90.4 cm³/mol. The van der Waals surface area contributed by atoms with Crippen LogP contribution in [-0.4, -0.2) is 29.8 Å². The maximum atomic E-state index is 11.8. The molecule has 0 aromatic carbocycles. The number of carbonyl (C=O) groups excluding carboxylic acids is 1. The van der Waals surface area contributed by atoms with Crippen molar-refractivity contribution in [3.8, 4) is 0 Å². The standard InChI is InChI=1S/C18H30N2O3/c1-13(7-10-16-6-5-11-22-16)19-14-8-9-15(12-14)20-17(21)23-18(2,3)4/h5-6,11,13-15,19H,7-10,12H2,1-4H3,(H,20,21). The van der Waals surface area contributed by atoms with Crippen LogP contribution in [-0.2, 0) is 11.2 Å². The normalized spacial score (nSPS) is 22.8. The first-order valence-corrected chi connectivity index (χ1v) is 8.60. The van der Waals surface area contributed by atoms with Crippen LogP contribution in [0.25, 0.3) is 0 Å². The molecule has 1 aromatic rings. The van der Waals surface area contributed by atoms with E-state index >= 15 is 0 Å². The zero-order valence-corrected chi connectivity index (χ0v) is 14.7. The quantitative estimate of drug-likeness (QED) is 0.839. The van der Waals surface area contributed by atoms with Gasteiger partial charge < -0.3 is 19.8 Å². The Hall–Kier alpha value is -1.49. The molecule has 0 aliphatic heterocycles. The van der Waals surface area contributed by atoms with Crippen LogP contribution < -0.4 is 10.6 Å². The Morgan fingerprint density at radius 1 is 1.39 bits per heavy atom. The number of carbonyl (C=O) groups is 1. The fourth-order valence-corrected chi connectivity index (χ4v) is 3.04. The molecule has 1 heterocycles. The van der Waals surface area contributed by atoms with E-state index in [2.05, 4.69) is 17.6 Å².